The minimum Gasteiger partial charge on any atom is -0.335 e. The summed E-state index contributed by atoms with van der Waals surface area (Å²) in [5.74, 6) is 0.968. The summed E-state index contributed by atoms with van der Waals surface area (Å²) in [4.78, 5) is 20.0. The van der Waals surface area contributed by atoms with Gasteiger partial charge in [-0.1, -0.05) is 6.92 Å². The van der Waals surface area contributed by atoms with E-state index in [1.165, 1.54) is 32.5 Å². The maximum atomic E-state index is 12.8. The van der Waals surface area contributed by atoms with E-state index in [1.54, 1.807) is 0 Å². The van der Waals surface area contributed by atoms with Gasteiger partial charge >= 0.3 is 0 Å². The van der Waals surface area contributed by atoms with Gasteiger partial charge in [0, 0.05) is 50.0 Å². The Labute approximate surface area is 144 Å². The monoisotopic (exact) mass is 331 g/mol. The van der Waals surface area contributed by atoms with Gasteiger partial charge in [0.25, 0.3) is 5.91 Å². The number of piperazine rings is 1. The molecule has 5 rings (SSSR count). The maximum absolute atomic E-state index is 12.8. The van der Waals surface area contributed by atoms with Crippen molar-refractivity contribution in [2.45, 2.75) is 39.2 Å². The Balaban J connectivity index is 1.37. The Bertz CT molecular complexity index is 597. The first-order valence-electron chi connectivity index (χ1n) is 9.47. The van der Waals surface area contributed by atoms with E-state index >= 15 is 0 Å². The second-order valence-electron chi connectivity index (χ2n) is 7.56. The number of aromatic nitrogens is 2. The van der Waals surface area contributed by atoms with Gasteiger partial charge in [0.15, 0.2) is 5.69 Å². The van der Waals surface area contributed by atoms with E-state index in [0.29, 0.717) is 11.7 Å². The molecule has 0 aromatic carbocycles. The lowest BCUT2D eigenvalue weighted by atomic mass is 9.83. The predicted octanol–water partition coefficient (Wildman–Crippen LogP) is 1.13. The van der Waals surface area contributed by atoms with Crippen LogP contribution in [0.4, 0.5) is 0 Å². The third kappa shape index (κ3) is 2.75. The molecule has 6 nitrogen and oxygen atoms in total. The number of hydrogen-bond donors (Lipinski definition) is 1. The zero-order chi connectivity index (χ0) is 16.7. The summed E-state index contributed by atoms with van der Waals surface area (Å²) in [5.41, 5.74) is 2.70. The quantitative estimate of drug-likeness (QED) is 0.902. The van der Waals surface area contributed by atoms with Crippen LogP contribution in [0.3, 0.4) is 0 Å². The number of piperidine rings is 3. The first kappa shape index (κ1) is 16.1. The Hall–Kier alpha value is -1.40. The van der Waals surface area contributed by atoms with Crippen molar-refractivity contribution in [3.05, 3.63) is 17.0 Å². The zero-order valence-electron chi connectivity index (χ0n) is 14.9. The number of carbonyl (C=O) groups is 1. The molecular formula is C18H29N5O. The molecule has 24 heavy (non-hydrogen) atoms. The van der Waals surface area contributed by atoms with Crippen LogP contribution in [0.5, 0.6) is 0 Å². The van der Waals surface area contributed by atoms with Gasteiger partial charge in [-0.25, -0.2) is 0 Å². The summed E-state index contributed by atoms with van der Waals surface area (Å²) in [6.45, 7) is 11.6. The largest absolute Gasteiger partial charge is 0.335 e. The highest BCUT2D eigenvalue weighted by molar-refractivity contribution is 5.94. The third-order valence-corrected chi connectivity index (χ3v) is 6.36. The van der Waals surface area contributed by atoms with Crippen molar-refractivity contribution in [1.29, 1.82) is 0 Å². The molecule has 1 amide bonds. The molecule has 0 unspecified atom stereocenters. The van der Waals surface area contributed by atoms with Crippen LogP contribution in [0.25, 0.3) is 0 Å². The van der Waals surface area contributed by atoms with Crippen molar-refractivity contribution in [3.8, 4) is 0 Å². The van der Waals surface area contributed by atoms with Crippen LogP contribution in [0.2, 0.25) is 0 Å². The fourth-order valence-electron chi connectivity index (χ4n) is 4.74. The molecule has 1 N–H and O–H groups in total. The third-order valence-electron chi connectivity index (χ3n) is 6.36. The number of fused-ring (bicyclic) bond motifs is 3. The average Bonchev–Trinajstić information content (AvgIpc) is 3.02. The number of amides is 1. The number of nitrogens with one attached hydrogen (secondary N) is 1. The highest BCUT2D eigenvalue weighted by Gasteiger charge is 2.38. The number of carbonyl (C=O) groups excluding carboxylic acids is 1. The number of rotatable bonds is 3. The molecule has 6 heteroatoms. The highest BCUT2D eigenvalue weighted by Crippen LogP contribution is 2.31. The maximum Gasteiger partial charge on any atom is 0.274 e. The van der Waals surface area contributed by atoms with Gasteiger partial charge in [0.2, 0.25) is 0 Å². The molecule has 4 fully saturated rings. The van der Waals surface area contributed by atoms with E-state index < -0.39 is 0 Å². The number of hydrogen-bond acceptors (Lipinski definition) is 4. The van der Waals surface area contributed by atoms with Crippen LogP contribution in [0.15, 0.2) is 0 Å². The first-order valence-corrected chi connectivity index (χ1v) is 9.47. The van der Waals surface area contributed by atoms with Gasteiger partial charge in [0.05, 0.1) is 0 Å². The number of nitrogens with zero attached hydrogens (tertiary/aromatic N) is 4. The van der Waals surface area contributed by atoms with Crippen molar-refractivity contribution in [2.75, 3.05) is 45.8 Å². The summed E-state index contributed by atoms with van der Waals surface area (Å²) in [6, 6.07) is 0.712. The zero-order valence-corrected chi connectivity index (χ0v) is 14.9. The molecule has 5 heterocycles. The molecule has 132 valence electrons. The minimum absolute atomic E-state index is 0.0945. The predicted molar refractivity (Wildman–Crippen MR) is 93.1 cm³/mol. The normalized spacial score (nSPS) is 30.8. The van der Waals surface area contributed by atoms with Crippen molar-refractivity contribution in [3.63, 3.8) is 0 Å². The van der Waals surface area contributed by atoms with Crippen LogP contribution in [-0.4, -0.2) is 82.7 Å². The fourth-order valence-corrected chi connectivity index (χ4v) is 4.74. The smallest absolute Gasteiger partial charge is 0.274 e. The van der Waals surface area contributed by atoms with E-state index in [9.17, 15) is 4.79 Å². The van der Waals surface area contributed by atoms with Gasteiger partial charge < -0.3 is 9.80 Å². The summed E-state index contributed by atoms with van der Waals surface area (Å²) >= 11 is 0. The lowest BCUT2D eigenvalue weighted by molar-refractivity contribution is -0.0132. The van der Waals surface area contributed by atoms with Gasteiger partial charge in [-0.05, 0) is 45.2 Å². The van der Waals surface area contributed by atoms with Crippen LogP contribution < -0.4 is 0 Å². The van der Waals surface area contributed by atoms with E-state index in [4.69, 9.17) is 0 Å². The second kappa shape index (κ2) is 6.48. The standard InChI is InChI=1S/C18H29N5O/c1-3-15-13(2)17(20-19-15)18(24)23-10-8-22(9-11-23)16-12-21-6-4-14(16)5-7-21/h14,16H,3-12H2,1-2H3,(H,19,20)/t16-/m1/s1. The molecule has 2 bridgehead atoms. The van der Waals surface area contributed by atoms with Gasteiger partial charge in [0.1, 0.15) is 0 Å². The SMILES string of the molecule is CCc1[nH]nc(C(=O)N2CCN([C@@H]3CN4CCC3CC4)CC2)c1C. The molecule has 0 saturated carbocycles. The first-order chi connectivity index (χ1) is 11.7. The Morgan fingerprint density at radius 1 is 1.17 bits per heavy atom. The average molecular weight is 331 g/mol. The number of aryl methyl sites for hydroxylation is 1. The number of H-pyrrole nitrogens is 1. The highest BCUT2D eigenvalue weighted by atomic mass is 16.2. The van der Waals surface area contributed by atoms with E-state index in [2.05, 4.69) is 26.9 Å². The Morgan fingerprint density at radius 3 is 2.42 bits per heavy atom. The van der Waals surface area contributed by atoms with Crippen LogP contribution >= 0.6 is 0 Å². The van der Waals surface area contributed by atoms with E-state index in [1.807, 2.05) is 11.8 Å². The molecule has 0 aliphatic carbocycles. The van der Waals surface area contributed by atoms with Crippen LogP contribution in [-0.2, 0) is 6.42 Å². The molecule has 4 aliphatic heterocycles. The summed E-state index contributed by atoms with van der Waals surface area (Å²) < 4.78 is 0. The van der Waals surface area contributed by atoms with Gasteiger partial charge in [-0.2, -0.15) is 5.10 Å². The van der Waals surface area contributed by atoms with Crippen molar-refractivity contribution in [2.24, 2.45) is 5.92 Å². The Kier molecular flexibility index (Phi) is 4.35. The van der Waals surface area contributed by atoms with Crippen molar-refractivity contribution in [1.82, 2.24) is 24.9 Å². The van der Waals surface area contributed by atoms with Gasteiger partial charge in [-0.3, -0.25) is 14.8 Å². The topological polar surface area (TPSA) is 55.5 Å². The molecule has 0 spiro atoms. The Morgan fingerprint density at radius 2 is 1.88 bits per heavy atom. The summed E-state index contributed by atoms with van der Waals surface area (Å²) in [7, 11) is 0. The lowest BCUT2D eigenvalue weighted by Gasteiger charge is -2.50. The summed E-state index contributed by atoms with van der Waals surface area (Å²) in [6.07, 6.45) is 3.60. The van der Waals surface area contributed by atoms with Crippen LogP contribution in [0.1, 0.15) is 41.5 Å². The minimum atomic E-state index is 0.0945. The summed E-state index contributed by atoms with van der Waals surface area (Å²) in [5, 5.41) is 7.27. The molecule has 4 saturated heterocycles. The number of aromatic amines is 1. The molecule has 1 aromatic rings. The van der Waals surface area contributed by atoms with Gasteiger partial charge in [-0.15, -0.1) is 0 Å². The molecule has 1 atom stereocenters. The van der Waals surface area contributed by atoms with E-state index in [-0.39, 0.29) is 5.91 Å². The fraction of sp³-hybridized carbons (Fsp3) is 0.778. The molecule has 0 radical (unpaired) electrons. The van der Waals surface area contributed by atoms with Crippen LogP contribution in [0, 0.1) is 12.8 Å². The molecular weight excluding hydrogens is 302 g/mol. The van der Waals surface area contributed by atoms with Crippen molar-refractivity contribution < 1.29 is 4.79 Å². The molecule has 4 aliphatic rings. The molecule has 1 aromatic heterocycles. The second-order valence-corrected chi connectivity index (χ2v) is 7.56. The van der Waals surface area contributed by atoms with Crippen molar-refractivity contribution >= 4 is 5.91 Å². The van der Waals surface area contributed by atoms with E-state index in [0.717, 1.165) is 49.8 Å². The lowest BCUT2D eigenvalue weighted by Crippen LogP contribution is -2.61.